The minimum atomic E-state index is -4.34. The van der Waals surface area contributed by atoms with Crippen molar-refractivity contribution < 1.29 is 17.6 Å². The summed E-state index contributed by atoms with van der Waals surface area (Å²) in [6.07, 6.45) is -2.05. The molecular formula is C14H15F3N2O. The van der Waals surface area contributed by atoms with Crippen molar-refractivity contribution in [2.24, 2.45) is 5.73 Å². The fourth-order valence-corrected chi connectivity index (χ4v) is 1.89. The van der Waals surface area contributed by atoms with Gasteiger partial charge >= 0.3 is 6.18 Å². The van der Waals surface area contributed by atoms with Crippen molar-refractivity contribution in [3.05, 3.63) is 53.2 Å². The highest BCUT2D eigenvalue weighted by Gasteiger charge is 2.30. The number of alkyl halides is 3. The van der Waals surface area contributed by atoms with Gasteiger partial charge in [0.2, 0.25) is 0 Å². The van der Waals surface area contributed by atoms with Gasteiger partial charge in [0.05, 0.1) is 11.3 Å². The van der Waals surface area contributed by atoms with E-state index in [2.05, 4.69) is 4.98 Å². The largest absolute Gasteiger partial charge is 0.448 e. The van der Waals surface area contributed by atoms with E-state index in [4.69, 9.17) is 10.2 Å². The number of halogens is 3. The number of aromatic nitrogens is 1. The average Bonchev–Trinajstić information content (AvgIpc) is 2.75. The summed E-state index contributed by atoms with van der Waals surface area (Å²) < 4.78 is 43.1. The van der Waals surface area contributed by atoms with Gasteiger partial charge in [0.1, 0.15) is 6.26 Å². The number of hydrogen-bond donors (Lipinski definition) is 1. The van der Waals surface area contributed by atoms with Gasteiger partial charge in [-0.3, -0.25) is 0 Å². The Morgan fingerprint density at radius 1 is 1.35 bits per heavy atom. The van der Waals surface area contributed by atoms with Crippen molar-refractivity contribution in [3.8, 4) is 0 Å². The van der Waals surface area contributed by atoms with E-state index in [1.54, 1.807) is 6.07 Å². The molecule has 1 aromatic carbocycles. The Labute approximate surface area is 114 Å². The minimum Gasteiger partial charge on any atom is -0.448 e. The van der Waals surface area contributed by atoms with Gasteiger partial charge in [0.25, 0.3) is 0 Å². The van der Waals surface area contributed by atoms with Crippen LogP contribution in [0, 0.1) is 0 Å². The van der Waals surface area contributed by atoms with Crippen LogP contribution in [0.25, 0.3) is 0 Å². The Morgan fingerprint density at radius 3 is 2.75 bits per heavy atom. The summed E-state index contributed by atoms with van der Waals surface area (Å²) in [4.78, 5) is 4.21. The van der Waals surface area contributed by atoms with Crippen molar-refractivity contribution in [1.29, 1.82) is 0 Å². The summed E-state index contributed by atoms with van der Waals surface area (Å²) in [5.74, 6) is 0.389. The Kier molecular flexibility index (Phi) is 4.13. The summed E-state index contributed by atoms with van der Waals surface area (Å²) in [5, 5.41) is 0. The number of rotatable bonds is 4. The van der Waals surface area contributed by atoms with Crippen LogP contribution in [-0.4, -0.2) is 11.0 Å². The zero-order valence-corrected chi connectivity index (χ0v) is 10.9. The fraction of sp³-hybridized carbons (Fsp3) is 0.357. The van der Waals surface area contributed by atoms with E-state index in [1.165, 1.54) is 12.3 Å². The molecule has 0 aliphatic carbocycles. The van der Waals surface area contributed by atoms with Gasteiger partial charge in [-0.2, -0.15) is 13.2 Å². The van der Waals surface area contributed by atoms with Crippen LogP contribution in [0.5, 0.6) is 0 Å². The average molecular weight is 284 g/mol. The summed E-state index contributed by atoms with van der Waals surface area (Å²) in [6.45, 7) is 1.85. The van der Waals surface area contributed by atoms with Gasteiger partial charge in [0, 0.05) is 18.9 Å². The third-order valence-electron chi connectivity index (χ3n) is 2.74. The zero-order chi connectivity index (χ0) is 14.8. The van der Waals surface area contributed by atoms with E-state index >= 15 is 0 Å². The van der Waals surface area contributed by atoms with Crippen LogP contribution in [0.4, 0.5) is 13.2 Å². The predicted octanol–water partition coefficient (Wildman–Crippen LogP) is 3.17. The van der Waals surface area contributed by atoms with Crippen LogP contribution in [0.1, 0.15) is 29.6 Å². The van der Waals surface area contributed by atoms with Crippen LogP contribution < -0.4 is 5.73 Å². The third kappa shape index (κ3) is 3.84. The highest BCUT2D eigenvalue weighted by Crippen LogP contribution is 2.29. The number of hydrogen-bond acceptors (Lipinski definition) is 3. The normalized spacial score (nSPS) is 13.4. The Balaban J connectivity index is 2.12. The Hall–Kier alpha value is -1.82. The van der Waals surface area contributed by atoms with Gasteiger partial charge in [-0.05, 0) is 18.6 Å². The SMILES string of the molecule is CC(N)Cc1coc(Cc2cccc(C(F)(F)F)c2)n1. The molecule has 2 rings (SSSR count). The first-order chi connectivity index (χ1) is 9.34. The molecule has 1 aromatic heterocycles. The van der Waals surface area contributed by atoms with Crippen LogP contribution in [0.15, 0.2) is 34.9 Å². The van der Waals surface area contributed by atoms with E-state index in [-0.39, 0.29) is 12.5 Å². The number of nitrogens with two attached hydrogens (primary N) is 1. The fourth-order valence-electron chi connectivity index (χ4n) is 1.89. The van der Waals surface area contributed by atoms with Crippen LogP contribution >= 0.6 is 0 Å². The lowest BCUT2D eigenvalue weighted by atomic mass is 10.1. The first-order valence-electron chi connectivity index (χ1n) is 6.19. The van der Waals surface area contributed by atoms with Gasteiger partial charge in [-0.15, -0.1) is 0 Å². The topological polar surface area (TPSA) is 52.0 Å². The van der Waals surface area contributed by atoms with Crippen molar-refractivity contribution in [2.45, 2.75) is 32.0 Å². The molecule has 0 saturated carbocycles. The zero-order valence-electron chi connectivity index (χ0n) is 10.9. The molecule has 0 amide bonds. The van der Waals surface area contributed by atoms with Crippen LogP contribution in [0.3, 0.4) is 0 Å². The summed E-state index contributed by atoms with van der Waals surface area (Å²) in [7, 11) is 0. The molecule has 0 radical (unpaired) electrons. The van der Waals surface area contributed by atoms with E-state index in [0.29, 0.717) is 23.6 Å². The van der Waals surface area contributed by atoms with Crippen molar-refractivity contribution in [1.82, 2.24) is 4.98 Å². The number of oxazole rings is 1. The molecule has 0 aliphatic rings. The molecule has 6 heteroatoms. The molecule has 0 fully saturated rings. The lowest BCUT2D eigenvalue weighted by molar-refractivity contribution is -0.137. The maximum absolute atomic E-state index is 12.6. The molecule has 108 valence electrons. The molecule has 1 unspecified atom stereocenters. The second kappa shape index (κ2) is 5.66. The third-order valence-corrected chi connectivity index (χ3v) is 2.74. The predicted molar refractivity (Wildman–Crippen MR) is 68.1 cm³/mol. The standard InChI is InChI=1S/C14H15F3N2O/c1-9(18)5-12-8-20-13(19-12)7-10-3-2-4-11(6-10)14(15,16)17/h2-4,6,8-9H,5,7,18H2,1H3. The maximum Gasteiger partial charge on any atom is 0.416 e. The van der Waals surface area contributed by atoms with Crippen LogP contribution in [0.2, 0.25) is 0 Å². The lowest BCUT2D eigenvalue weighted by Crippen LogP contribution is -2.17. The van der Waals surface area contributed by atoms with Gasteiger partial charge < -0.3 is 10.2 Å². The van der Waals surface area contributed by atoms with Crippen LogP contribution in [-0.2, 0) is 19.0 Å². The molecule has 1 atom stereocenters. The first kappa shape index (κ1) is 14.6. The van der Waals surface area contributed by atoms with Crippen molar-refractivity contribution in [2.75, 3.05) is 0 Å². The quantitative estimate of drug-likeness (QED) is 0.938. The summed E-state index contributed by atoms with van der Waals surface area (Å²) >= 11 is 0. The van der Waals surface area contributed by atoms with E-state index in [1.807, 2.05) is 6.92 Å². The highest BCUT2D eigenvalue weighted by molar-refractivity contribution is 5.27. The minimum absolute atomic E-state index is 0.0403. The molecule has 2 aromatic rings. The maximum atomic E-state index is 12.6. The second-order valence-electron chi connectivity index (χ2n) is 4.79. The first-order valence-corrected chi connectivity index (χ1v) is 6.19. The van der Waals surface area contributed by atoms with Crippen molar-refractivity contribution in [3.63, 3.8) is 0 Å². The van der Waals surface area contributed by atoms with Crippen molar-refractivity contribution >= 4 is 0 Å². The molecule has 0 spiro atoms. The summed E-state index contributed by atoms with van der Waals surface area (Å²) in [5.41, 5.74) is 6.20. The van der Waals surface area contributed by atoms with Gasteiger partial charge in [-0.1, -0.05) is 18.2 Å². The monoisotopic (exact) mass is 284 g/mol. The van der Waals surface area contributed by atoms with Gasteiger partial charge in [-0.25, -0.2) is 4.98 Å². The second-order valence-corrected chi connectivity index (χ2v) is 4.79. The van der Waals surface area contributed by atoms with E-state index in [0.717, 1.165) is 12.1 Å². The Bertz CT molecular complexity index is 576. The molecule has 2 N–H and O–H groups in total. The molecule has 0 saturated heterocycles. The molecule has 0 bridgehead atoms. The molecular weight excluding hydrogens is 269 g/mol. The Morgan fingerprint density at radius 2 is 2.10 bits per heavy atom. The number of nitrogens with zero attached hydrogens (tertiary/aromatic N) is 1. The molecule has 20 heavy (non-hydrogen) atoms. The number of benzene rings is 1. The van der Waals surface area contributed by atoms with E-state index in [9.17, 15) is 13.2 Å². The highest BCUT2D eigenvalue weighted by atomic mass is 19.4. The lowest BCUT2D eigenvalue weighted by Gasteiger charge is -2.07. The molecule has 1 heterocycles. The summed E-state index contributed by atoms with van der Waals surface area (Å²) in [6, 6.07) is 5.10. The van der Waals surface area contributed by atoms with E-state index < -0.39 is 11.7 Å². The molecule has 0 aliphatic heterocycles. The smallest absolute Gasteiger partial charge is 0.416 e. The van der Waals surface area contributed by atoms with Gasteiger partial charge in [0.15, 0.2) is 5.89 Å². The molecule has 3 nitrogen and oxygen atoms in total.